The first-order valence-electron chi connectivity index (χ1n) is 7.58. The van der Waals surface area contributed by atoms with Gasteiger partial charge in [0.2, 0.25) is 0 Å². The lowest BCUT2D eigenvalue weighted by atomic mass is 9.78. The fourth-order valence-corrected chi connectivity index (χ4v) is 2.31. The van der Waals surface area contributed by atoms with E-state index in [1.54, 1.807) is 12.1 Å². The number of ether oxygens (including phenoxy) is 1. The molecule has 1 saturated carbocycles. The van der Waals surface area contributed by atoms with E-state index in [4.69, 9.17) is 14.0 Å². The quantitative estimate of drug-likeness (QED) is 0.864. The highest BCUT2D eigenvalue weighted by Crippen LogP contribution is 2.37. The van der Waals surface area contributed by atoms with Crippen molar-refractivity contribution in [2.45, 2.75) is 57.8 Å². The van der Waals surface area contributed by atoms with E-state index in [-0.39, 0.29) is 11.7 Å². The molecule has 5 nitrogen and oxygen atoms in total. The van der Waals surface area contributed by atoms with Gasteiger partial charge in [0.25, 0.3) is 0 Å². The minimum Gasteiger partial charge on any atom is -0.490 e. The minimum absolute atomic E-state index is 0.183. The van der Waals surface area contributed by atoms with Gasteiger partial charge in [0.1, 0.15) is 5.75 Å². The Morgan fingerprint density at radius 1 is 1.18 bits per heavy atom. The highest BCUT2D eigenvalue weighted by molar-refractivity contribution is 6.62. The van der Waals surface area contributed by atoms with Gasteiger partial charge in [-0.3, -0.25) is 0 Å². The van der Waals surface area contributed by atoms with Crippen molar-refractivity contribution in [3.63, 3.8) is 0 Å². The summed E-state index contributed by atoms with van der Waals surface area (Å²) in [6.07, 6.45) is 2.24. The number of carboxylic acid groups (broad SMARTS) is 1. The fourth-order valence-electron chi connectivity index (χ4n) is 2.31. The van der Waals surface area contributed by atoms with Crippen molar-refractivity contribution in [3.05, 3.63) is 23.8 Å². The van der Waals surface area contributed by atoms with Crippen molar-refractivity contribution in [1.29, 1.82) is 0 Å². The van der Waals surface area contributed by atoms with Crippen LogP contribution in [0.3, 0.4) is 0 Å². The number of carboxylic acids is 1. The summed E-state index contributed by atoms with van der Waals surface area (Å²) in [4.78, 5) is 11.3. The topological polar surface area (TPSA) is 65.0 Å². The second-order valence-corrected chi connectivity index (χ2v) is 7.00. The van der Waals surface area contributed by atoms with Crippen LogP contribution in [0.25, 0.3) is 0 Å². The molecular weight excluding hydrogens is 283 g/mol. The lowest BCUT2D eigenvalue weighted by Crippen LogP contribution is -2.41. The summed E-state index contributed by atoms with van der Waals surface area (Å²) < 4.78 is 17.7. The minimum atomic E-state index is -0.987. The summed E-state index contributed by atoms with van der Waals surface area (Å²) >= 11 is 0. The van der Waals surface area contributed by atoms with E-state index >= 15 is 0 Å². The van der Waals surface area contributed by atoms with Gasteiger partial charge in [0, 0.05) is 0 Å². The molecule has 1 N–H and O–H groups in total. The molecule has 1 aliphatic carbocycles. The van der Waals surface area contributed by atoms with Crippen LogP contribution in [0.15, 0.2) is 18.2 Å². The fraction of sp³-hybridized carbons (Fsp3) is 0.562. The van der Waals surface area contributed by atoms with Crippen LogP contribution in [0.2, 0.25) is 0 Å². The van der Waals surface area contributed by atoms with Crippen LogP contribution >= 0.6 is 0 Å². The van der Waals surface area contributed by atoms with Crippen LogP contribution in [0.4, 0.5) is 0 Å². The molecule has 22 heavy (non-hydrogen) atoms. The number of hydrogen-bond acceptors (Lipinski definition) is 4. The number of hydrogen-bond donors (Lipinski definition) is 1. The molecule has 1 heterocycles. The van der Waals surface area contributed by atoms with Gasteiger partial charge < -0.3 is 19.2 Å². The monoisotopic (exact) mass is 304 g/mol. The maximum atomic E-state index is 11.3. The van der Waals surface area contributed by atoms with Crippen LogP contribution in [-0.4, -0.2) is 35.5 Å². The van der Waals surface area contributed by atoms with Gasteiger partial charge in [-0.1, -0.05) is 0 Å². The molecule has 3 rings (SSSR count). The molecule has 0 aromatic heterocycles. The average Bonchev–Trinajstić information content (AvgIpc) is 3.16. The molecule has 118 valence electrons. The summed E-state index contributed by atoms with van der Waals surface area (Å²) in [6.45, 7) is 7.87. The van der Waals surface area contributed by atoms with Gasteiger partial charge >= 0.3 is 13.1 Å². The zero-order valence-electron chi connectivity index (χ0n) is 13.4. The zero-order chi connectivity index (χ0) is 16.1. The molecule has 1 saturated heterocycles. The normalized spacial score (nSPS) is 22.6. The number of carbonyl (C=O) groups is 1. The predicted octanol–water partition coefficient (Wildman–Crippen LogP) is 2.23. The molecule has 0 spiro atoms. The van der Waals surface area contributed by atoms with Crippen molar-refractivity contribution in [2.24, 2.45) is 0 Å². The van der Waals surface area contributed by atoms with Gasteiger partial charge in [0.15, 0.2) is 0 Å². The molecule has 2 fully saturated rings. The van der Waals surface area contributed by atoms with Crippen LogP contribution in [0.5, 0.6) is 5.75 Å². The number of aromatic carboxylic acids is 1. The first kappa shape index (κ1) is 15.4. The Balaban J connectivity index is 1.92. The Morgan fingerprint density at radius 3 is 2.27 bits per heavy atom. The van der Waals surface area contributed by atoms with E-state index in [9.17, 15) is 9.90 Å². The van der Waals surface area contributed by atoms with Crippen molar-refractivity contribution >= 4 is 18.6 Å². The lowest BCUT2D eigenvalue weighted by Gasteiger charge is -2.32. The Morgan fingerprint density at radius 2 is 1.77 bits per heavy atom. The molecule has 1 aromatic rings. The summed E-state index contributed by atoms with van der Waals surface area (Å²) in [7, 11) is -0.592. The van der Waals surface area contributed by atoms with Gasteiger partial charge in [-0.05, 0) is 64.2 Å². The van der Waals surface area contributed by atoms with Crippen molar-refractivity contribution in [3.8, 4) is 5.75 Å². The van der Waals surface area contributed by atoms with E-state index in [0.717, 1.165) is 12.8 Å². The molecular formula is C16H21BO5. The lowest BCUT2D eigenvalue weighted by molar-refractivity contribution is 0.00578. The van der Waals surface area contributed by atoms with E-state index in [0.29, 0.717) is 11.2 Å². The summed E-state index contributed by atoms with van der Waals surface area (Å²) in [5.41, 5.74) is -0.0694. The average molecular weight is 304 g/mol. The first-order valence-corrected chi connectivity index (χ1v) is 7.58. The molecule has 0 bridgehead atoms. The highest BCUT2D eigenvalue weighted by Gasteiger charge is 2.51. The maximum Gasteiger partial charge on any atom is 0.494 e. The van der Waals surface area contributed by atoms with Crippen molar-refractivity contribution < 1.29 is 23.9 Å². The molecule has 1 aliphatic heterocycles. The van der Waals surface area contributed by atoms with Crippen LogP contribution < -0.4 is 10.2 Å². The third-order valence-corrected chi connectivity index (χ3v) is 4.53. The van der Waals surface area contributed by atoms with Gasteiger partial charge in [-0.15, -0.1) is 0 Å². The van der Waals surface area contributed by atoms with Crippen LogP contribution in [0.1, 0.15) is 50.9 Å². The zero-order valence-corrected chi connectivity index (χ0v) is 13.4. The molecule has 0 unspecified atom stereocenters. The van der Waals surface area contributed by atoms with E-state index in [2.05, 4.69) is 0 Å². The molecule has 0 amide bonds. The first-order chi connectivity index (χ1) is 10.2. The second kappa shape index (κ2) is 5.00. The van der Waals surface area contributed by atoms with Gasteiger partial charge in [-0.25, -0.2) is 4.79 Å². The van der Waals surface area contributed by atoms with Gasteiger partial charge in [-0.2, -0.15) is 0 Å². The standard InChI is InChI=1S/C16H21BO5/c1-15(2)16(3,4)22-17(21-15)11-7-10(14(18)19)8-13(9-11)20-12-5-6-12/h7-9,12H,5-6H2,1-4H3,(H,18,19). The van der Waals surface area contributed by atoms with Gasteiger partial charge in [0.05, 0.1) is 22.9 Å². The molecule has 0 radical (unpaired) electrons. The third-order valence-electron chi connectivity index (χ3n) is 4.53. The Labute approximate surface area is 130 Å². The highest BCUT2D eigenvalue weighted by atomic mass is 16.7. The van der Waals surface area contributed by atoms with E-state index < -0.39 is 24.3 Å². The number of benzene rings is 1. The van der Waals surface area contributed by atoms with Crippen LogP contribution in [-0.2, 0) is 9.31 Å². The smallest absolute Gasteiger partial charge is 0.490 e. The number of rotatable bonds is 4. The largest absolute Gasteiger partial charge is 0.494 e. The Kier molecular flexibility index (Phi) is 3.49. The summed E-state index contributed by atoms with van der Waals surface area (Å²) in [5.74, 6) is -0.425. The molecule has 1 aromatic carbocycles. The van der Waals surface area contributed by atoms with Crippen molar-refractivity contribution in [1.82, 2.24) is 0 Å². The van der Waals surface area contributed by atoms with Crippen LogP contribution in [0, 0.1) is 0 Å². The predicted molar refractivity (Wildman–Crippen MR) is 82.8 cm³/mol. The molecule has 0 atom stereocenters. The van der Waals surface area contributed by atoms with E-state index in [1.165, 1.54) is 0 Å². The van der Waals surface area contributed by atoms with Crippen molar-refractivity contribution in [2.75, 3.05) is 0 Å². The Hall–Kier alpha value is -1.53. The molecule has 2 aliphatic rings. The Bertz CT molecular complexity index is 591. The second-order valence-electron chi connectivity index (χ2n) is 7.00. The summed E-state index contributed by atoms with van der Waals surface area (Å²) in [5, 5.41) is 9.29. The SMILES string of the molecule is CC1(C)OB(c2cc(OC3CC3)cc(C(=O)O)c2)OC1(C)C. The molecule has 6 heteroatoms. The maximum absolute atomic E-state index is 11.3. The van der Waals surface area contributed by atoms with E-state index in [1.807, 2.05) is 33.8 Å². The third kappa shape index (κ3) is 2.85. The summed E-state index contributed by atoms with van der Waals surface area (Å²) in [6, 6.07) is 4.95.